The van der Waals surface area contributed by atoms with E-state index >= 15 is 0 Å². The first-order valence-electron chi connectivity index (χ1n) is 4.25. The molecule has 78 valence electrons. The quantitative estimate of drug-likeness (QED) is 0.868. The monoisotopic (exact) mass is 231 g/mol. The molecule has 0 unspecified atom stereocenters. The number of nitrogens with zero attached hydrogens (tertiary/aromatic N) is 2. The van der Waals surface area contributed by atoms with Crippen LogP contribution < -0.4 is 10.6 Å². The molecule has 1 heterocycles. The molecule has 1 aromatic rings. The van der Waals surface area contributed by atoms with Crippen molar-refractivity contribution in [1.82, 2.24) is 4.98 Å². The second-order valence-corrected chi connectivity index (χ2v) is 4.61. The maximum Gasteiger partial charge on any atom is 0.186 e. The Labute approximate surface area is 93.2 Å². The summed E-state index contributed by atoms with van der Waals surface area (Å²) in [4.78, 5) is 7.13. The molecule has 0 aliphatic rings. The molecule has 0 saturated heterocycles. The molecule has 2 N–H and O–H groups in total. The largest absolute Gasteiger partial charge is 0.354 e. The van der Waals surface area contributed by atoms with Crippen molar-refractivity contribution in [2.75, 3.05) is 25.5 Å². The van der Waals surface area contributed by atoms with Crippen LogP contribution in [0, 0.1) is 0 Å². The van der Waals surface area contributed by atoms with Crippen molar-refractivity contribution < 1.29 is 0 Å². The Bertz CT molecular complexity index is 344. The van der Waals surface area contributed by atoms with Crippen LogP contribution in [0.5, 0.6) is 0 Å². The van der Waals surface area contributed by atoms with Gasteiger partial charge in [-0.25, -0.2) is 4.98 Å². The maximum absolute atomic E-state index is 5.98. The van der Waals surface area contributed by atoms with Gasteiger partial charge in [0.2, 0.25) is 0 Å². The van der Waals surface area contributed by atoms with E-state index in [9.17, 15) is 0 Å². The highest BCUT2D eigenvalue weighted by molar-refractivity contribution is 7.17. The highest BCUT2D eigenvalue weighted by Crippen LogP contribution is 2.30. The second-order valence-electron chi connectivity index (χ2n) is 3.24. The van der Waals surface area contributed by atoms with Gasteiger partial charge in [-0.1, -0.05) is 28.5 Å². The van der Waals surface area contributed by atoms with Gasteiger partial charge in [0.1, 0.15) is 5.15 Å². The molecule has 1 rings (SSSR count). The van der Waals surface area contributed by atoms with Gasteiger partial charge < -0.3 is 10.6 Å². The van der Waals surface area contributed by atoms with Gasteiger partial charge in [0.05, 0.1) is 4.88 Å². The van der Waals surface area contributed by atoms with Crippen molar-refractivity contribution in [2.24, 2.45) is 5.73 Å². The van der Waals surface area contributed by atoms with E-state index in [0.717, 1.165) is 15.6 Å². The summed E-state index contributed by atoms with van der Waals surface area (Å²) in [5.41, 5.74) is 6.60. The Hall–Kier alpha value is -0.580. The van der Waals surface area contributed by atoms with Gasteiger partial charge in [-0.2, -0.15) is 0 Å². The number of hydrogen-bond acceptors (Lipinski definition) is 4. The van der Waals surface area contributed by atoms with Crippen LogP contribution in [0.1, 0.15) is 11.8 Å². The van der Waals surface area contributed by atoms with Crippen molar-refractivity contribution >= 4 is 34.1 Å². The lowest BCUT2D eigenvalue weighted by atomic mass is 10.3. The molecule has 0 saturated carbocycles. The Balaban J connectivity index is 2.99. The van der Waals surface area contributed by atoms with Crippen molar-refractivity contribution in [3.8, 4) is 0 Å². The van der Waals surface area contributed by atoms with Gasteiger partial charge in [0.15, 0.2) is 5.13 Å². The van der Waals surface area contributed by atoms with Crippen LogP contribution in [-0.2, 0) is 0 Å². The number of thiazole rings is 1. The number of aromatic nitrogens is 1. The molecule has 14 heavy (non-hydrogen) atoms. The zero-order valence-corrected chi connectivity index (χ0v) is 10.1. The van der Waals surface area contributed by atoms with E-state index < -0.39 is 0 Å². The Morgan fingerprint density at radius 3 is 2.71 bits per heavy atom. The molecule has 0 amide bonds. The molecule has 0 fully saturated rings. The normalized spacial score (nSPS) is 11.9. The van der Waals surface area contributed by atoms with Crippen LogP contribution in [0.25, 0.3) is 6.08 Å². The van der Waals surface area contributed by atoms with E-state index in [1.54, 1.807) is 11.3 Å². The fraction of sp³-hybridized carbons (Fsp3) is 0.444. The molecule has 0 bridgehead atoms. The van der Waals surface area contributed by atoms with Gasteiger partial charge in [-0.3, -0.25) is 0 Å². The Kier molecular flexibility index (Phi) is 3.92. The minimum Gasteiger partial charge on any atom is -0.354 e. The summed E-state index contributed by atoms with van der Waals surface area (Å²) in [6, 6.07) is 0. The third-order valence-electron chi connectivity index (χ3n) is 1.68. The standard InChI is InChI=1S/C9H14ClN3S/c1-6(5-11)4-7-8(10)12-9(14-7)13(2)3/h4H,5,11H2,1-3H3/b6-4-. The summed E-state index contributed by atoms with van der Waals surface area (Å²) in [5.74, 6) is 0. The third-order valence-corrected chi connectivity index (χ3v) is 3.25. The van der Waals surface area contributed by atoms with Crippen molar-refractivity contribution in [3.63, 3.8) is 0 Å². The van der Waals surface area contributed by atoms with E-state index in [1.165, 1.54) is 0 Å². The molecule has 0 spiro atoms. The first-order chi connectivity index (χ1) is 6.54. The number of halogens is 1. The van der Waals surface area contributed by atoms with Gasteiger partial charge in [-0.05, 0) is 13.0 Å². The van der Waals surface area contributed by atoms with E-state index in [0.29, 0.717) is 11.7 Å². The smallest absolute Gasteiger partial charge is 0.186 e. The van der Waals surface area contributed by atoms with Crippen LogP contribution in [-0.4, -0.2) is 25.6 Å². The zero-order valence-electron chi connectivity index (χ0n) is 8.54. The number of rotatable bonds is 3. The summed E-state index contributed by atoms with van der Waals surface area (Å²) >= 11 is 7.54. The van der Waals surface area contributed by atoms with Crippen molar-refractivity contribution in [3.05, 3.63) is 15.6 Å². The van der Waals surface area contributed by atoms with Gasteiger partial charge in [0, 0.05) is 20.6 Å². The first kappa shape index (κ1) is 11.5. The molecular weight excluding hydrogens is 218 g/mol. The predicted octanol–water partition coefficient (Wildman–Crippen LogP) is 2.22. The average Bonchev–Trinajstić information content (AvgIpc) is 2.48. The predicted molar refractivity (Wildman–Crippen MR) is 64.2 cm³/mol. The molecule has 3 nitrogen and oxygen atoms in total. The van der Waals surface area contributed by atoms with Crippen LogP contribution in [0.15, 0.2) is 5.57 Å². The van der Waals surface area contributed by atoms with Crippen molar-refractivity contribution in [1.29, 1.82) is 0 Å². The summed E-state index contributed by atoms with van der Waals surface area (Å²) in [6.45, 7) is 2.52. The van der Waals surface area contributed by atoms with E-state index in [-0.39, 0.29) is 0 Å². The fourth-order valence-electron chi connectivity index (χ4n) is 0.865. The average molecular weight is 232 g/mol. The van der Waals surface area contributed by atoms with Gasteiger partial charge in [0.25, 0.3) is 0 Å². The first-order valence-corrected chi connectivity index (χ1v) is 5.45. The highest BCUT2D eigenvalue weighted by Gasteiger charge is 2.08. The molecule has 0 radical (unpaired) electrons. The van der Waals surface area contributed by atoms with Crippen LogP contribution in [0.2, 0.25) is 5.15 Å². The molecular formula is C9H14ClN3S. The van der Waals surface area contributed by atoms with Crippen molar-refractivity contribution in [2.45, 2.75) is 6.92 Å². The molecule has 0 aliphatic heterocycles. The fourth-order valence-corrected chi connectivity index (χ4v) is 2.07. The summed E-state index contributed by atoms with van der Waals surface area (Å²) in [5, 5.41) is 1.46. The number of nitrogens with two attached hydrogens (primary N) is 1. The SMILES string of the molecule is C/C(=C/c1sc(N(C)C)nc1Cl)CN. The summed E-state index contributed by atoms with van der Waals surface area (Å²) in [6.07, 6.45) is 1.98. The van der Waals surface area contributed by atoms with Gasteiger partial charge in [-0.15, -0.1) is 0 Å². The molecule has 5 heteroatoms. The Morgan fingerprint density at radius 2 is 2.29 bits per heavy atom. The van der Waals surface area contributed by atoms with E-state index in [4.69, 9.17) is 17.3 Å². The lowest BCUT2D eigenvalue weighted by Crippen LogP contribution is -2.07. The topological polar surface area (TPSA) is 42.2 Å². The lowest BCUT2D eigenvalue weighted by molar-refractivity contribution is 1.10. The van der Waals surface area contributed by atoms with E-state index in [1.807, 2.05) is 32.0 Å². The maximum atomic E-state index is 5.98. The zero-order chi connectivity index (χ0) is 10.7. The molecule has 0 atom stereocenters. The van der Waals surface area contributed by atoms with Crippen LogP contribution >= 0.6 is 22.9 Å². The molecule has 0 aromatic carbocycles. The second kappa shape index (κ2) is 4.77. The van der Waals surface area contributed by atoms with Crippen LogP contribution in [0.4, 0.5) is 5.13 Å². The highest BCUT2D eigenvalue weighted by atomic mass is 35.5. The van der Waals surface area contributed by atoms with Crippen LogP contribution in [0.3, 0.4) is 0 Å². The minimum atomic E-state index is 0.547. The number of hydrogen-bond donors (Lipinski definition) is 1. The van der Waals surface area contributed by atoms with Gasteiger partial charge >= 0.3 is 0 Å². The lowest BCUT2D eigenvalue weighted by Gasteiger charge is -2.04. The van der Waals surface area contributed by atoms with E-state index in [2.05, 4.69) is 4.98 Å². The molecule has 1 aromatic heterocycles. The Morgan fingerprint density at radius 1 is 1.64 bits per heavy atom. The summed E-state index contributed by atoms with van der Waals surface area (Å²) in [7, 11) is 3.89. The summed E-state index contributed by atoms with van der Waals surface area (Å²) < 4.78 is 0. The number of anilines is 1. The molecule has 0 aliphatic carbocycles. The minimum absolute atomic E-state index is 0.547. The third kappa shape index (κ3) is 2.70.